The summed E-state index contributed by atoms with van der Waals surface area (Å²) in [5.74, 6) is -3.40. The topological polar surface area (TPSA) is 96.9 Å². The third-order valence-electron chi connectivity index (χ3n) is 12.1. The Balaban J connectivity index is 1.27. The molecule has 1 unspecified atom stereocenters. The van der Waals surface area contributed by atoms with Gasteiger partial charge in [0.1, 0.15) is 0 Å². The van der Waals surface area contributed by atoms with E-state index in [2.05, 4.69) is 20.8 Å². The minimum atomic E-state index is -2.84. The fourth-order valence-electron chi connectivity index (χ4n) is 10.1. The Morgan fingerprint density at radius 1 is 1.05 bits per heavy atom. The molecule has 0 radical (unpaired) electrons. The molecular weight excluding hydrogens is 504 g/mol. The van der Waals surface area contributed by atoms with Gasteiger partial charge in [-0.3, -0.25) is 0 Å². The molecule has 11 atom stereocenters. The molecule has 8 heteroatoms. The van der Waals surface area contributed by atoms with E-state index in [1.54, 1.807) is 12.1 Å². The average Bonchev–Trinajstić information content (AvgIpc) is 3.24. The summed E-state index contributed by atoms with van der Waals surface area (Å²) >= 11 is 0. The molecule has 0 saturated heterocycles. The van der Waals surface area contributed by atoms with Crippen molar-refractivity contribution in [3.8, 4) is 5.88 Å². The highest BCUT2D eigenvalue weighted by molar-refractivity contribution is 5.23. The number of methoxy groups -OCH3 is 1. The van der Waals surface area contributed by atoms with E-state index in [0.717, 1.165) is 38.5 Å². The monoisotopic (exact) mass is 551 g/mol. The molecule has 4 saturated carbocycles. The van der Waals surface area contributed by atoms with E-state index in [4.69, 9.17) is 4.74 Å². The van der Waals surface area contributed by atoms with Gasteiger partial charge in [-0.2, -0.15) is 0 Å². The van der Waals surface area contributed by atoms with Gasteiger partial charge >= 0.3 is 5.88 Å². The van der Waals surface area contributed by atoms with Gasteiger partial charge in [0.05, 0.1) is 31.0 Å². The van der Waals surface area contributed by atoms with Crippen LogP contribution >= 0.6 is 0 Å². The van der Waals surface area contributed by atoms with E-state index in [1.165, 1.54) is 13.3 Å². The molecule has 1 aromatic rings. The normalized spacial score (nSPS) is 42.6. The van der Waals surface area contributed by atoms with Crippen molar-refractivity contribution in [1.82, 2.24) is 0 Å². The number of rotatable bonds is 7. The molecule has 0 bridgehead atoms. The van der Waals surface area contributed by atoms with Crippen LogP contribution in [0.1, 0.15) is 96.6 Å². The molecule has 5 rings (SSSR count). The summed E-state index contributed by atoms with van der Waals surface area (Å²) < 4.78 is 37.8. The van der Waals surface area contributed by atoms with Crippen LogP contribution in [0.2, 0.25) is 0 Å². The van der Waals surface area contributed by atoms with Crippen molar-refractivity contribution < 1.29 is 33.6 Å². The van der Waals surface area contributed by atoms with Gasteiger partial charge in [0.25, 0.3) is 5.92 Å². The summed E-state index contributed by atoms with van der Waals surface area (Å²) in [6.07, 6.45) is 5.10. The van der Waals surface area contributed by atoms with E-state index in [9.17, 15) is 20.5 Å². The predicted molar refractivity (Wildman–Crippen MR) is 143 cm³/mol. The first-order valence-electron chi connectivity index (χ1n) is 15.0. The molecule has 0 aromatic carbocycles. The number of pyridine rings is 1. The highest BCUT2D eigenvalue weighted by Crippen LogP contribution is 2.71. The fraction of sp³-hybridized carbons (Fsp3) is 0.839. The zero-order valence-corrected chi connectivity index (χ0v) is 23.9. The van der Waals surface area contributed by atoms with Crippen molar-refractivity contribution in [2.75, 3.05) is 7.11 Å². The number of hydrogen-bond donors (Lipinski definition) is 3. The molecule has 0 spiro atoms. The van der Waals surface area contributed by atoms with Crippen LogP contribution in [0.25, 0.3) is 0 Å². The second kappa shape index (κ2) is 10.4. The van der Waals surface area contributed by atoms with Crippen LogP contribution in [0.5, 0.6) is 5.88 Å². The van der Waals surface area contributed by atoms with Gasteiger partial charge < -0.3 is 25.3 Å². The van der Waals surface area contributed by atoms with Crippen molar-refractivity contribution in [3.63, 3.8) is 0 Å². The summed E-state index contributed by atoms with van der Waals surface area (Å²) in [5, 5.41) is 43.7. The van der Waals surface area contributed by atoms with E-state index < -0.39 is 36.1 Å². The third-order valence-corrected chi connectivity index (χ3v) is 12.1. The highest BCUT2D eigenvalue weighted by atomic mass is 19.3. The molecule has 0 amide bonds. The van der Waals surface area contributed by atoms with Crippen LogP contribution in [0.3, 0.4) is 0 Å². The van der Waals surface area contributed by atoms with Crippen molar-refractivity contribution in [2.45, 2.75) is 109 Å². The second-order valence-corrected chi connectivity index (χ2v) is 13.9. The minimum Gasteiger partial charge on any atom is -0.616 e. The second-order valence-electron chi connectivity index (χ2n) is 13.9. The number of alkyl halides is 2. The summed E-state index contributed by atoms with van der Waals surface area (Å²) in [5.41, 5.74) is -0.0111. The SMILES string of the molecule is COc1c(C(O)CCC[C@@H](C)[C@H]2CC[C@H]3[C@H]4[C@H](CC[C@]23C)[C@@]2(C)CC[C@H](O)[C@H](O)[C@@H]2CC4(F)F)ccc[n+]1[O-]. The summed E-state index contributed by atoms with van der Waals surface area (Å²) in [6.45, 7) is 6.60. The van der Waals surface area contributed by atoms with Crippen LogP contribution in [0.4, 0.5) is 8.78 Å². The smallest absolute Gasteiger partial charge is 0.385 e. The maximum absolute atomic E-state index is 16.0. The van der Waals surface area contributed by atoms with Crippen LogP contribution in [0.15, 0.2) is 18.3 Å². The summed E-state index contributed by atoms with van der Waals surface area (Å²) in [6, 6.07) is 3.32. The van der Waals surface area contributed by atoms with Gasteiger partial charge in [-0.1, -0.05) is 33.6 Å². The molecule has 6 nitrogen and oxygen atoms in total. The lowest BCUT2D eigenvalue weighted by atomic mass is 9.43. The van der Waals surface area contributed by atoms with Crippen molar-refractivity contribution in [1.29, 1.82) is 0 Å². The van der Waals surface area contributed by atoms with Gasteiger partial charge in [-0.05, 0) is 91.4 Å². The standard InChI is InChI=1S/C31H47F2NO5/c1-18(7-5-9-24(35)19-8-6-16-34(38)28(19)39-4)20-10-11-21-26-22(12-14-29(20,21)2)30(3)15-13-25(36)27(37)23(30)17-31(26,32)33/h6,8,16,18,20-27,35-37H,5,7,9-15,17H2,1-4H3/t18-,20-,21+,22+,23+,24?,25+,26+,27-,29-,30-/m1/s1. The zero-order chi connectivity index (χ0) is 28.3. The molecule has 0 aliphatic heterocycles. The van der Waals surface area contributed by atoms with E-state index in [0.29, 0.717) is 41.4 Å². The number of nitrogens with zero attached hydrogens (tertiary/aromatic N) is 1. The number of fused-ring (bicyclic) bond motifs is 5. The predicted octanol–water partition coefficient (Wildman–Crippen LogP) is 5.40. The largest absolute Gasteiger partial charge is 0.616 e. The van der Waals surface area contributed by atoms with Crippen LogP contribution < -0.4 is 9.47 Å². The van der Waals surface area contributed by atoms with Crippen LogP contribution in [-0.4, -0.2) is 40.6 Å². The molecule has 39 heavy (non-hydrogen) atoms. The first-order valence-corrected chi connectivity index (χ1v) is 15.0. The Morgan fingerprint density at radius 2 is 1.74 bits per heavy atom. The van der Waals surface area contributed by atoms with E-state index >= 15 is 8.78 Å². The van der Waals surface area contributed by atoms with Crippen LogP contribution in [0, 0.1) is 51.5 Å². The van der Waals surface area contributed by atoms with Crippen molar-refractivity contribution in [2.24, 2.45) is 46.3 Å². The number of aromatic nitrogens is 1. The van der Waals surface area contributed by atoms with Gasteiger partial charge in [-0.15, -0.1) is 4.73 Å². The van der Waals surface area contributed by atoms with Gasteiger partial charge in [0.15, 0.2) is 6.20 Å². The van der Waals surface area contributed by atoms with Gasteiger partial charge in [0, 0.05) is 18.4 Å². The molecule has 1 heterocycles. The third kappa shape index (κ3) is 4.66. The van der Waals surface area contributed by atoms with E-state index in [1.807, 2.05) is 0 Å². The summed E-state index contributed by atoms with van der Waals surface area (Å²) in [7, 11) is 1.42. The summed E-state index contributed by atoms with van der Waals surface area (Å²) in [4.78, 5) is 0. The number of aliphatic hydroxyl groups excluding tert-OH is 3. The number of hydrogen-bond acceptors (Lipinski definition) is 5. The van der Waals surface area contributed by atoms with Gasteiger partial charge in [-0.25, -0.2) is 8.78 Å². The zero-order valence-electron chi connectivity index (χ0n) is 23.9. The molecular formula is C31H47F2NO5. The molecule has 1 aromatic heterocycles. The first-order chi connectivity index (χ1) is 18.3. The van der Waals surface area contributed by atoms with Crippen molar-refractivity contribution in [3.05, 3.63) is 29.1 Å². The number of aliphatic hydroxyl groups is 3. The average molecular weight is 552 g/mol. The quantitative estimate of drug-likeness (QED) is 0.311. The van der Waals surface area contributed by atoms with Crippen LogP contribution in [-0.2, 0) is 0 Å². The Hall–Kier alpha value is -1.51. The molecule has 4 aliphatic carbocycles. The number of ether oxygens (including phenoxy) is 1. The lowest BCUT2D eigenvalue weighted by Crippen LogP contribution is -2.64. The lowest BCUT2D eigenvalue weighted by Gasteiger charge is -2.63. The maximum Gasteiger partial charge on any atom is 0.385 e. The lowest BCUT2D eigenvalue weighted by molar-refractivity contribution is -0.612. The molecule has 4 aliphatic rings. The highest BCUT2D eigenvalue weighted by Gasteiger charge is 2.69. The van der Waals surface area contributed by atoms with Crippen molar-refractivity contribution >= 4 is 0 Å². The Kier molecular flexibility index (Phi) is 7.73. The maximum atomic E-state index is 16.0. The van der Waals surface area contributed by atoms with E-state index in [-0.39, 0.29) is 35.0 Å². The van der Waals surface area contributed by atoms with Gasteiger partial charge in [0.2, 0.25) is 0 Å². The fourth-order valence-corrected chi connectivity index (χ4v) is 10.1. The molecule has 220 valence electrons. The minimum absolute atomic E-state index is 0.0351. The number of halogens is 2. The Bertz CT molecular complexity index is 1040. The molecule has 4 fully saturated rings. The Labute approximate surface area is 231 Å². The molecule has 3 N–H and O–H groups in total. The first kappa shape index (κ1) is 29.0. The Morgan fingerprint density at radius 3 is 2.46 bits per heavy atom.